The molecule has 2 aliphatic rings. The van der Waals surface area contributed by atoms with Gasteiger partial charge < -0.3 is 4.90 Å². The maximum absolute atomic E-state index is 13.1. The number of nitrogens with zero attached hydrogens (tertiary/aromatic N) is 4. The number of aryl methyl sites for hydroxylation is 1. The quantitative estimate of drug-likeness (QED) is 0.779. The molecule has 1 aromatic heterocycles. The van der Waals surface area contributed by atoms with Crippen molar-refractivity contribution in [1.82, 2.24) is 19.0 Å². The molecule has 0 radical (unpaired) electrons. The number of likely N-dealkylation sites (tertiary alicyclic amines) is 1. The van der Waals surface area contributed by atoms with Crippen LogP contribution in [0.5, 0.6) is 0 Å². The Bertz CT molecular complexity index is 996. The molecule has 0 saturated carbocycles. The molecular weight excluding hydrogens is 388 g/mol. The summed E-state index contributed by atoms with van der Waals surface area (Å²) >= 11 is 6.12. The van der Waals surface area contributed by atoms with E-state index in [2.05, 4.69) is 5.10 Å². The van der Waals surface area contributed by atoms with E-state index in [-0.39, 0.29) is 22.4 Å². The zero-order valence-corrected chi connectivity index (χ0v) is 16.6. The molecule has 0 bridgehead atoms. The minimum Gasteiger partial charge on any atom is -0.337 e. The minimum atomic E-state index is -3.75. The normalized spacial score (nSPS) is 17.9. The molecule has 9 heteroatoms. The topological polar surface area (TPSA) is 75.5 Å². The van der Waals surface area contributed by atoms with Crippen LogP contribution < -0.4 is 0 Å². The van der Waals surface area contributed by atoms with Crippen LogP contribution in [0.25, 0.3) is 0 Å². The highest BCUT2D eigenvalue weighted by atomic mass is 35.5. The number of hydrogen-bond donors (Lipinski definition) is 0. The zero-order valence-electron chi connectivity index (χ0n) is 15.1. The highest BCUT2D eigenvalue weighted by molar-refractivity contribution is 7.89. The Morgan fingerprint density at radius 2 is 1.85 bits per heavy atom. The zero-order chi connectivity index (χ0) is 19.2. The number of carbonyl (C=O) groups excluding carboxylic acids is 1. The van der Waals surface area contributed by atoms with E-state index in [4.69, 9.17) is 11.6 Å². The number of amides is 1. The van der Waals surface area contributed by atoms with Crippen molar-refractivity contribution in [1.29, 1.82) is 0 Å². The predicted octanol–water partition coefficient (Wildman–Crippen LogP) is 2.06. The Labute approximate surface area is 163 Å². The molecule has 1 fully saturated rings. The number of hydrogen-bond acceptors (Lipinski definition) is 4. The SMILES string of the molecule is Cn1nc(C(=O)N2CCCC2)c2c1CCN(S(=O)(=O)c1ccccc1Cl)C2. The number of benzene rings is 1. The van der Waals surface area contributed by atoms with Gasteiger partial charge in [-0.1, -0.05) is 23.7 Å². The minimum absolute atomic E-state index is 0.0893. The average molecular weight is 409 g/mol. The fourth-order valence-corrected chi connectivity index (χ4v) is 5.71. The summed E-state index contributed by atoms with van der Waals surface area (Å²) in [6, 6.07) is 6.42. The first-order valence-electron chi connectivity index (χ1n) is 8.98. The van der Waals surface area contributed by atoms with Crippen molar-refractivity contribution in [2.45, 2.75) is 30.7 Å². The van der Waals surface area contributed by atoms with Gasteiger partial charge in [0.25, 0.3) is 5.91 Å². The second-order valence-corrected chi connectivity index (χ2v) is 9.23. The van der Waals surface area contributed by atoms with E-state index < -0.39 is 10.0 Å². The van der Waals surface area contributed by atoms with Crippen LogP contribution in [0.1, 0.15) is 34.6 Å². The predicted molar refractivity (Wildman–Crippen MR) is 101 cm³/mol. The van der Waals surface area contributed by atoms with E-state index in [0.717, 1.165) is 31.6 Å². The van der Waals surface area contributed by atoms with Crippen LogP contribution in [0.15, 0.2) is 29.2 Å². The van der Waals surface area contributed by atoms with Gasteiger partial charge >= 0.3 is 0 Å². The third kappa shape index (κ3) is 3.15. The molecule has 4 rings (SSSR count). The highest BCUT2D eigenvalue weighted by Crippen LogP contribution is 2.30. The summed E-state index contributed by atoms with van der Waals surface area (Å²) in [6.45, 7) is 1.92. The summed E-state index contributed by atoms with van der Waals surface area (Å²) in [5.41, 5.74) is 1.99. The summed E-state index contributed by atoms with van der Waals surface area (Å²) in [5, 5.41) is 4.62. The molecule has 0 N–H and O–H groups in total. The molecule has 0 atom stereocenters. The third-order valence-corrected chi connectivity index (χ3v) is 7.60. The van der Waals surface area contributed by atoms with Crippen LogP contribution in [0.3, 0.4) is 0 Å². The van der Waals surface area contributed by atoms with Crippen LogP contribution in [-0.2, 0) is 30.0 Å². The first-order chi connectivity index (χ1) is 12.9. The molecule has 2 aromatic rings. The number of halogens is 1. The fourth-order valence-electron chi connectivity index (χ4n) is 3.81. The van der Waals surface area contributed by atoms with Crippen molar-refractivity contribution in [2.24, 2.45) is 7.05 Å². The molecule has 27 heavy (non-hydrogen) atoms. The van der Waals surface area contributed by atoms with Gasteiger partial charge in [0.05, 0.1) is 5.02 Å². The Morgan fingerprint density at radius 3 is 2.56 bits per heavy atom. The molecule has 0 unspecified atom stereocenters. The highest BCUT2D eigenvalue weighted by Gasteiger charge is 2.35. The summed E-state index contributed by atoms with van der Waals surface area (Å²) in [6.07, 6.45) is 2.50. The smallest absolute Gasteiger partial charge is 0.274 e. The first-order valence-corrected chi connectivity index (χ1v) is 10.8. The van der Waals surface area contributed by atoms with E-state index >= 15 is 0 Å². The van der Waals surface area contributed by atoms with Gasteiger partial charge in [-0.3, -0.25) is 9.48 Å². The van der Waals surface area contributed by atoms with E-state index in [0.29, 0.717) is 24.2 Å². The fraction of sp³-hybridized carbons (Fsp3) is 0.444. The maximum atomic E-state index is 13.1. The number of fused-ring (bicyclic) bond motifs is 1. The van der Waals surface area contributed by atoms with Gasteiger partial charge in [0, 0.05) is 50.9 Å². The van der Waals surface area contributed by atoms with Gasteiger partial charge in [-0.25, -0.2) is 8.42 Å². The van der Waals surface area contributed by atoms with Crippen LogP contribution in [0.4, 0.5) is 0 Å². The number of sulfonamides is 1. The molecule has 3 heterocycles. The molecule has 144 valence electrons. The third-order valence-electron chi connectivity index (χ3n) is 5.26. The molecular formula is C18H21ClN4O3S. The summed E-state index contributed by atoms with van der Waals surface area (Å²) in [4.78, 5) is 14.8. The molecule has 1 aromatic carbocycles. The molecule has 1 saturated heterocycles. The van der Waals surface area contributed by atoms with Crippen molar-refractivity contribution < 1.29 is 13.2 Å². The summed E-state index contributed by atoms with van der Waals surface area (Å²) < 4.78 is 29.3. The van der Waals surface area contributed by atoms with Crippen molar-refractivity contribution in [3.05, 3.63) is 46.2 Å². The maximum Gasteiger partial charge on any atom is 0.274 e. The molecule has 0 aliphatic carbocycles. The largest absolute Gasteiger partial charge is 0.337 e. The van der Waals surface area contributed by atoms with Crippen LogP contribution >= 0.6 is 11.6 Å². The standard InChI is InChI=1S/C18H21ClN4O3S/c1-21-15-8-11-23(27(25,26)16-7-3-2-6-14(16)19)12-13(15)17(20-21)18(24)22-9-4-5-10-22/h2-3,6-7H,4-5,8-12H2,1H3. The lowest BCUT2D eigenvalue weighted by molar-refractivity contribution is 0.0784. The average Bonchev–Trinajstić information content (AvgIpc) is 3.30. The van der Waals surface area contributed by atoms with E-state index in [9.17, 15) is 13.2 Å². The second-order valence-electron chi connectivity index (χ2n) is 6.92. The van der Waals surface area contributed by atoms with E-state index in [1.54, 1.807) is 34.8 Å². The van der Waals surface area contributed by atoms with Gasteiger partial charge in [-0.15, -0.1) is 0 Å². The van der Waals surface area contributed by atoms with Crippen LogP contribution in [-0.4, -0.2) is 52.9 Å². The van der Waals surface area contributed by atoms with Crippen molar-refractivity contribution in [2.75, 3.05) is 19.6 Å². The van der Waals surface area contributed by atoms with E-state index in [1.165, 1.54) is 10.4 Å². The number of rotatable bonds is 3. The lowest BCUT2D eigenvalue weighted by atomic mass is 10.1. The summed E-state index contributed by atoms with van der Waals surface area (Å²) in [7, 11) is -1.94. The van der Waals surface area contributed by atoms with Gasteiger partial charge in [-0.2, -0.15) is 9.40 Å². The Hall–Kier alpha value is -1.90. The lowest BCUT2D eigenvalue weighted by Crippen LogP contribution is -2.37. The van der Waals surface area contributed by atoms with Crippen molar-refractivity contribution in [3.63, 3.8) is 0 Å². The molecule has 0 spiro atoms. The van der Waals surface area contributed by atoms with Crippen molar-refractivity contribution >= 4 is 27.5 Å². The van der Waals surface area contributed by atoms with Gasteiger partial charge in [0.1, 0.15) is 4.90 Å². The van der Waals surface area contributed by atoms with Gasteiger partial charge in [0.2, 0.25) is 10.0 Å². The molecule has 1 amide bonds. The van der Waals surface area contributed by atoms with E-state index in [1.807, 2.05) is 0 Å². The lowest BCUT2D eigenvalue weighted by Gasteiger charge is -2.27. The van der Waals surface area contributed by atoms with Crippen LogP contribution in [0, 0.1) is 0 Å². The Morgan fingerprint density at radius 1 is 1.15 bits per heavy atom. The van der Waals surface area contributed by atoms with Crippen LogP contribution in [0.2, 0.25) is 5.02 Å². The Balaban J connectivity index is 1.68. The molecule has 2 aliphatic heterocycles. The van der Waals surface area contributed by atoms with Gasteiger partial charge in [0.15, 0.2) is 5.69 Å². The first kappa shape index (κ1) is 18.5. The van der Waals surface area contributed by atoms with Gasteiger partial charge in [-0.05, 0) is 25.0 Å². The molecule has 7 nitrogen and oxygen atoms in total. The number of aromatic nitrogens is 2. The monoisotopic (exact) mass is 408 g/mol. The van der Waals surface area contributed by atoms with Crippen molar-refractivity contribution in [3.8, 4) is 0 Å². The second kappa shape index (κ2) is 6.92. The Kier molecular flexibility index (Phi) is 4.73. The summed E-state index contributed by atoms with van der Waals surface area (Å²) in [5.74, 6) is -0.110. The number of carbonyl (C=O) groups is 1.